The van der Waals surface area contributed by atoms with Crippen LogP contribution in [0.25, 0.3) is 0 Å². The van der Waals surface area contributed by atoms with Gasteiger partial charge in [-0.05, 0) is 19.8 Å². The number of carbonyl (C=O) groups excluding carboxylic acids is 1. The molecule has 2 aromatic heterocycles. The highest BCUT2D eigenvalue weighted by Crippen LogP contribution is 2.29. The second kappa shape index (κ2) is 9.10. The number of aryl methyl sites for hydroxylation is 2. The number of piperidine rings is 1. The van der Waals surface area contributed by atoms with Gasteiger partial charge in [-0.15, -0.1) is 11.3 Å². The second-order valence-electron chi connectivity index (χ2n) is 6.87. The van der Waals surface area contributed by atoms with Crippen LogP contribution >= 0.6 is 22.9 Å². The van der Waals surface area contributed by atoms with Crippen LogP contribution in [-0.4, -0.2) is 64.3 Å². The molecule has 1 aliphatic heterocycles. The molecule has 0 spiro atoms. The summed E-state index contributed by atoms with van der Waals surface area (Å²) in [6, 6.07) is -0.183. The van der Waals surface area contributed by atoms with Crippen LogP contribution in [0.5, 0.6) is 0 Å². The number of anilines is 1. The van der Waals surface area contributed by atoms with Crippen LogP contribution in [0.15, 0.2) is 0 Å². The monoisotopic (exact) mass is 441 g/mol. The number of aromatic amines is 1. The third-order valence-corrected chi connectivity index (χ3v) is 6.33. The first-order valence-electron chi connectivity index (χ1n) is 9.33. The molecule has 2 aromatic rings. The third kappa shape index (κ3) is 4.88. The van der Waals surface area contributed by atoms with E-state index in [0.717, 1.165) is 15.7 Å². The Hall–Kier alpha value is -2.17. The molecule has 0 aliphatic carbocycles. The minimum atomic E-state index is -0.898. The molecule has 1 fully saturated rings. The van der Waals surface area contributed by atoms with E-state index in [4.69, 9.17) is 21.4 Å². The number of aliphatic carboxylic acids is 1. The normalized spacial score (nSPS) is 19.4. The van der Waals surface area contributed by atoms with Crippen LogP contribution < -0.4 is 10.2 Å². The molecule has 1 aliphatic rings. The fraction of sp³-hybridized carbons (Fsp3) is 0.556. The molecule has 0 saturated carbocycles. The number of H-pyrrole nitrogens is 1. The summed E-state index contributed by atoms with van der Waals surface area (Å²) in [5.41, 5.74) is 1.31. The molecule has 2 atom stereocenters. The molecule has 1 amide bonds. The number of ether oxygens (including phenoxy) is 1. The van der Waals surface area contributed by atoms with Gasteiger partial charge in [-0.25, -0.2) is 9.97 Å². The Balaban J connectivity index is 1.66. The minimum absolute atomic E-state index is 0.0893. The first-order valence-corrected chi connectivity index (χ1v) is 10.5. The van der Waals surface area contributed by atoms with Gasteiger partial charge in [-0.3, -0.25) is 9.59 Å². The number of amides is 1. The van der Waals surface area contributed by atoms with E-state index in [0.29, 0.717) is 36.8 Å². The number of hydrogen-bond acceptors (Lipinski definition) is 7. The number of hydrogen-bond donors (Lipinski definition) is 3. The SMILES string of the molecule is CCc1[nH]c(C(=O)NC2CCN(c3nc(CC(=O)O)c(C)s3)C[C@@H]2OC)nc1Cl. The van der Waals surface area contributed by atoms with Gasteiger partial charge in [-0.1, -0.05) is 18.5 Å². The Morgan fingerprint density at radius 2 is 2.21 bits per heavy atom. The van der Waals surface area contributed by atoms with E-state index in [1.165, 1.54) is 11.3 Å². The maximum atomic E-state index is 12.6. The first kappa shape index (κ1) is 21.5. The topological polar surface area (TPSA) is 120 Å². The van der Waals surface area contributed by atoms with Crippen LogP contribution in [0.4, 0.5) is 5.13 Å². The summed E-state index contributed by atoms with van der Waals surface area (Å²) in [5, 5.41) is 13.1. The molecule has 1 saturated heterocycles. The lowest BCUT2D eigenvalue weighted by Crippen LogP contribution is -2.55. The smallest absolute Gasteiger partial charge is 0.309 e. The number of methoxy groups -OCH3 is 1. The predicted octanol–water partition coefficient (Wildman–Crippen LogP) is 2.04. The summed E-state index contributed by atoms with van der Waals surface area (Å²) in [4.78, 5) is 38.0. The summed E-state index contributed by atoms with van der Waals surface area (Å²) in [6.07, 6.45) is 0.992. The van der Waals surface area contributed by atoms with E-state index in [9.17, 15) is 9.59 Å². The number of nitrogens with zero attached hydrogens (tertiary/aromatic N) is 3. The molecular weight excluding hydrogens is 418 g/mol. The molecule has 3 N–H and O–H groups in total. The fourth-order valence-corrected chi connectivity index (χ4v) is 4.54. The Kier molecular flexibility index (Phi) is 6.76. The summed E-state index contributed by atoms with van der Waals surface area (Å²) < 4.78 is 5.61. The van der Waals surface area contributed by atoms with Crippen molar-refractivity contribution in [2.24, 2.45) is 0 Å². The number of imidazole rings is 1. The molecular formula is C18H24ClN5O4S. The van der Waals surface area contributed by atoms with E-state index in [-0.39, 0.29) is 30.3 Å². The van der Waals surface area contributed by atoms with E-state index in [1.54, 1.807) is 7.11 Å². The summed E-state index contributed by atoms with van der Waals surface area (Å²) in [7, 11) is 1.61. The molecule has 11 heteroatoms. The highest BCUT2D eigenvalue weighted by Gasteiger charge is 2.33. The van der Waals surface area contributed by atoms with Gasteiger partial charge in [0.25, 0.3) is 5.91 Å². The highest BCUT2D eigenvalue weighted by molar-refractivity contribution is 7.15. The molecule has 3 heterocycles. The lowest BCUT2D eigenvalue weighted by atomic mass is 10.0. The Morgan fingerprint density at radius 3 is 2.83 bits per heavy atom. The van der Waals surface area contributed by atoms with E-state index in [1.807, 2.05) is 13.8 Å². The zero-order chi connectivity index (χ0) is 21.1. The molecule has 1 unspecified atom stereocenters. The average molecular weight is 442 g/mol. The largest absolute Gasteiger partial charge is 0.481 e. The van der Waals surface area contributed by atoms with Crippen molar-refractivity contribution in [3.63, 3.8) is 0 Å². The van der Waals surface area contributed by atoms with Crippen molar-refractivity contribution in [3.8, 4) is 0 Å². The lowest BCUT2D eigenvalue weighted by Gasteiger charge is -2.37. The fourth-order valence-electron chi connectivity index (χ4n) is 3.32. The molecule has 0 aromatic carbocycles. The van der Waals surface area contributed by atoms with Crippen LogP contribution in [-0.2, 0) is 22.4 Å². The van der Waals surface area contributed by atoms with Gasteiger partial charge in [0.2, 0.25) is 0 Å². The van der Waals surface area contributed by atoms with Gasteiger partial charge < -0.3 is 25.0 Å². The van der Waals surface area contributed by atoms with Crippen molar-refractivity contribution in [1.29, 1.82) is 0 Å². The number of carboxylic acids is 1. The zero-order valence-electron chi connectivity index (χ0n) is 16.5. The van der Waals surface area contributed by atoms with Crippen molar-refractivity contribution < 1.29 is 19.4 Å². The highest BCUT2D eigenvalue weighted by atomic mass is 35.5. The zero-order valence-corrected chi connectivity index (χ0v) is 18.1. The number of thiazole rings is 1. The average Bonchev–Trinajstić information content (AvgIpc) is 3.24. The Bertz CT molecular complexity index is 899. The lowest BCUT2D eigenvalue weighted by molar-refractivity contribution is -0.136. The van der Waals surface area contributed by atoms with Gasteiger partial charge in [-0.2, -0.15) is 0 Å². The van der Waals surface area contributed by atoms with Crippen molar-refractivity contribution in [2.75, 3.05) is 25.1 Å². The number of carbonyl (C=O) groups is 2. The van der Waals surface area contributed by atoms with Crippen molar-refractivity contribution >= 4 is 39.9 Å². The van der Waals surface area contributed by atoms with Crippen LogP contribution in [0, 0.1) is 6.92 Å². The maximum absolute atomic E-state index is 12.6. The second-order valence-corrected chi connectivity index (χ2v) is 8.41. The first-order chi connectivity index (χ1) is 13.8. The van der Waals surface area contributed by atoms with E-state index >= 15 is 0 Å². The maximum Gasteiger partial charge on any atom is 0.309 e. The number of halogens is 1. The van der Waals surface area contributed by atoms with E-state index < -0.39 is 5.97 Å². The van der Waals surface area contributed by atoms with Gasteiger partial charge in [0.05, 0.1) is 30.0 Å². The number of nitrogens with one attached hydrogen (secondary N) is 2. The molecule has 9 nitrogen and oxygen atoms in total. The van der Waals surface area contributed by atoms with Gasteiger partial charge in [0, 0.05) is 25.1 Å². The van der Waals surface area contributed by atoms with Gasteiger partial charge >= 0.3 is 5.97 Å². The summed E-state index contributed by atoms with van der Waals surface area (Å²) >= 11 is 7.50. The van der Waals surface area contributed by atoms with Crippen LogP contribution in [0.2, 0.25) is 5.15 Å². The molecule has 0 bridgehead atoms. The Labute approximate surface area is 177 Å². The van der Waals surface area contributed by atoms with Gasteiger partial charge in [0.1, 0.15) is 0 Å². The van der Waals surface area contributed by atoms with E-state index in [2.05, 4.69) is 25.2 Å². The van der Waals surface area contributed by atoms with Crippen molar-refractivity contribution in [3.05, 3.63) is 27.2 Å². The molecule has 158 valence electrons. The number of aromatic nitrogens is 3. The third-order valence-electron chi connectivity index (χ3n) is 4.95. The number of rotatable bonds is 7. The standard InChI is InChI=1S/C18H24ClN5O4S/c1-4-10-15(19)23-16(20-10)17(27)21-11-5-6-24(8-13(11)28-3)18-22-12(7-14(25)26)9(2)29-18/h11,13H,4-8H2,1-3H3,(H,20,23)(H,21,27)(H,25,26)/t11?,13-/m0/s1. The number of carboxylic acid groups (broad SMARTS) is 1. The predicted molar refractivity (Wildman–Crippen MR) is 110 cm³/mol. The summed E-state index contributed by atoms with van der Waals surface area (Å²) in [5.74, 6) is -1.02. The minimum Gasteiger partial charge on any atom is -0.481 e. The molecule has 0 radical (unpaired) electrons. The molecule has 29 heavy (non-hydrogen) atoms. The van der Waals surface area contributed by atoms with Gasteiger partial charge in [0.15, 0.2) is 16.1 Å². The summed E-state index contributed by atoms with van der Waals surface area (Å²) in [6.45, 7) is 5.02. The molecule has 3 rings (SSSR count). The quantitative estimate of drug-likeness (QED) is 0.601. The van der Waals surface area contributed by atoms with Crippen LogP contribution in [0.1, 0.15) is 40.2 Å². The van der Waals surface area contributed by atoms with Crippen LogP contribution in [0.3, 0.4) is 0 Å². The van der Waals surface area contributed by atoms with Crippen molar-refractivity contribution in [1.82, 2.24) is 20.3 Å². The van der Waals surface area contributed by atoms with Crippen molar-refractivity contribution in [2.45, 2.75) is 45.3 Å². The Morgan fingerprint density at radius 1 is 1.45 bits per heavy atom.